The molecule has 1 aromatic heterocycles. The van der Waals surface area contributed by atoms with Crippen molar-refractivity contribution in [2.75, 3.05) is 18.5 Å². The molecule has 3 N–H and O–H groups in total. The lowest BCUT2D eigenvalue weighted by Gasteiger charge is -2.13. The average molecular weight is 249 g/mol. The monoisotopic (exact) mass is 248 g/mol. The number of hydrogen-bond acceptors (Lipinski definition) is 7. The zero-order chi connectivity index (χ0) is 12.1. The average Bonchev–Trinajstić information content (AvgIpc) is 2.25. The molecule has 1 rings (SSSR count). The van der Waals surface area contributed by atoms with Crippen molar-refractivity contribution in [1.29, 1.82) is 0 Å². The number of nitrogens with one attached hydrogen (secondary N) is 1. The quantitative estimate of drug-likeness (QED) is 0.375. The Morgan fingerprint density at radius 1 is 1.50 bits per heavy atom. The summed E-state index contributed by atoms with van der Waals surface area (Å²) in [4.78, 5) is 17.0. The molecule has 9 heteroatoms. The maximum Gasteiger partial charge on any atom is 0.348 e. The minimum Gasteiger partial charge on any atom is -0.394 e. The van der Waals surface area contributed by atoms with E-state index in [4.69, 9.17) is 21.8 Å². The highest BCUT2D eigenvalue weighted by Crippen LogP contribution is 2.28. The van der Waals surface area contributed by atoms with Gasteiger partial charge in [-0.15, -0.1) is 0 Å². The van der Waals surface area contributed by atoms with Gasteiger partial charge in [-0.3, -0.25) is 10.1 Å². The van der Waals surface area contributed by atoms with E-state index in [1.54, 1.807) is 0 Å². The standard InChI is InChI=1S/C7H9ClN4O4/c8-6-5(12(15)16)7(10-3-9-6)11-4(1-13)2-14/h3-4,13-14H,1-2H2,(H,9,10,11). The summed E-state index contributed by atoms with van der Waals surface area (Å²) in [5, 5.41) is 30.5. The molecule has 0 fully saturated rings. The second-order valence-electron chi connectivity index (χ2n) is 2.83. The van der Waals surface area contributed by atoms with E-state index in [1.165, 1.54) is 0 Å². The highest BCUT2D eigenvalue weighted by molar-refractivity contribution is 6.31. The van der Waals surface area contributed by atoms with Crippen LogP contribution >= 0.6 is 11.6 Å². The highest BCUT2D eigenvalue weighted by Gasteiger charge is 2.23. The van der Waals surface area contributed by atoms with Gasteiger partial charge in [-0.05, 0) is 0 Å². The largest absolute Gasteiger partial charge is 0.394 e. The zero-order valence-electron chi connectivity index (χ0n) is 8.00. The van der Waals surface area contributed by atoms with Crippen molar-refractivity contribution in [3.8, 4) is 0 Å². The summed E-state index contributed by atoms with van der Waals surface area (Å²) in [6, 6.07) is -0.746. The van der Waals surface area contributed by atoms with Crippen LogP contribution in [0.25, 0.3) is 0 Å². The van der Waals surface area contributed by atoms with Crippen LogP contribution in [-0.2, 0) is 0 Å². The number of hydrogen-bond donors (Lipinski definition) is 3. The highest BCUT2D eigenvalue weighted by atomic mass is 35.5. The molecule has 0 atom stereocenters. The van der Waals surface area contributed by atoms with E-state index in [1.807, 2.05) is 0 Å². The van der Waals surface area contributed by atoms with E-state index >= 15 is 0 Å². The summed E-state index contributed by atoms with van der Waals surface area (Å²) in [5.41, 5.74) is -0.490. The molecule has 0 aromatic carbocycles. The minimum atomic E-state index is -0.746. The Balaban J connectivity index is 3.03. The summed E-state index contributed by atoms with van der Waals surface area (Å²) in [6.45, 7) is -0.787. The number of aromatic nitrogens is 2. The summed E-state index contributed by atoms with van der Waals surface area (Å²) >= 11 is 5.54. The SMILES string of the molecule is O=[N+]([O-])c1c(Cl)ncnc1NC(CO)CO. The van der Waals surface area contributed by atoms with Crippen molar-refractivity contribution in [1.82, 2.24) is 9.97 Å². The first-order valence-electron chi connectivity index (χ1n) is 4.23. The second kappa shape index (κ2) is 5.54. The Kier molecular flexibility index (Phi) is 4.35. The predicted molar refractivity (Wildman–Crippen MR) is 55.3 cm³/mol. The lowest BCUT2D eigenvalue weighted by molar-refractivity contribution is -0.384. The Hall–Kier alpha value is -1.51. The van der Waals surface area contributed by atoms with Crippen LogP contribution in [0, 0.1) is 10.1 Å². The van der Waals surface area contributed by atoms with E-state index in [0.717, 1.165) is 6.33 Å². The first-order chi connectivity index (χ1) is 7.60. The molecule has 88 valence electrons. The van der Waals surface area contributed by atoms with Crippen LogP contribution in [0.1, 0.15) is 0 Å². The van der Waals surface area contributed by atoms with Crippen molar-refractivity contribution in [3.63, 3.8) is 0 Å². The molecule has 16 heavy (non-hydrogen) atoms. The van der Waals surface area contributed by atoms with Crippen LogP contribution in [-0.4, -0.2) is 44.4 Å². The van der Waals surface area contributed by atoms with Gasteiger partial charge in [-0.25, -0.2) is 9.97 Å². The number of aliphatic hydroxyl groups is 2. The summed E-state index contributed by atoms with van der Waals surface area (Å²) in [6.07, 6.45) is 1.05. The van der Waals surface area contributed by atoms with Crippen LogP contribution < -0.4 is 5.32 Å². The normalized spacial score (nSPS) is 10.5. The van der Waals surface area contributed by atoms with Crippen molar-refractivity contribution >= 4 is 23.1 Å². The molecule has 0 aliphatic rings. The van der Waals surface area contributed by atoms with Gasteiger partial charge in [0.25, 0.3) is 0 Å². The van der Waals surface area contributed by atoms with Crippen LogP contribution in [0.3, 0.4) is 0 Å². The molecular weight excluding hydrogens is 240 g/mol. The molecule has 1 aromatic rings. The van der Waals surface area contributed by atoms with Crippen molar-refractivity contribution in [2.45, 2.75) is 6.04 Å². The maximum absolute atomic E-state index is 10.7. The van der Waals surface area contributed by atoms with E-state index < -0.39 is 29.9 Å². The van der Waals surface area contributed by atoms with Crippen LogP contribution in [0.15, 0.2) is 6.33 Å². The van der Waals surface area contributed by atoms with E-state index in [0.29, 0.717) is 0 Å². The number of halogens is 1. The van der Waals surface area contributed by atoms with E-state index in [9.17, 15) is 10.1 Å². The summed E-state index contributed by atoms with van der Waals surface area (Å²) < 4.78 is 0. The Morgan fingerprint density at radius 2 is 2.12 bits per heavy atom. The van der Waals surface area contributed by atoms with E-state index in [2.05, 4.69) is 15.3 Å². The van der Waals surface area contributed by atoms with Crippen LogP contribution in [0.5, 0.6) is 0 Å². The smallest absolute Gasteiger partial charge is 0.348 e. The second-order valence-corrected chi connectivity index (χ2v) is 3.18. The molecule has 0 saturated carbocycles. The molecule has 0 aliphatic carbocycles. The first kappa shape index (κ1) is 12.6. The van der Waals surface area contributed by atoms with Gasteiger partial charge < -0.3 is 15.5 Å². The summed E-state index contributed by atoms with van der Waals surface area (Å²) in [7, 11) is 0. The molecular formula is C7H9ClN4O4. The molecule has 1 heterocycles. The first-order valence-corrected chi connectivity index (χ1v) is 4.61. The number of aliphatic hydroxyl groups excluding tert-OH is 2. The third kappa shape index (κ3) is 2.75. The molecule has 0 unspecified atom stereocenters. The topological polar surface area (TPSA) is 121 Å². The van der Waals surface area contributed by atoms with Gasteiger partial charge in [0, 0.05) is 0 Å². The van der Waals surface area contributed by atoms with Crippen molar-refractivity contribution in [3.05, 3.63) is 21.6 Å². The third-order valence-electron chi connectivity index (χ3n) is 1.74. The molecule has 0 aliphatic heterocycles. The molecule has 0 amide bonds. The molecule has 0 saturated heterocycles. The lowest BCUT2D eigenvalue weighted by atomic mass is 10.3. The number of nitrogens with zero attached hydrogens (tertiary/aromatic N) is 3. The summed E-state index contributed by atoms with van der Waals surface area (Å²) in [5.74, 6) is -0.141. The van der Waals surface area contributed by atoms with Gasteiger partial charge in [0.2, 0.25) is 11.0 Å². The van der Waals surface area contributed by atoms with Crippen molar-refractivity contribution in [2.24, 2.45) is 0 Å². The van der Waals surface area contributed by atoms with E-state index in [-0.39, 0.29) is 11.0 Å². The zero-order valence-corrected chi connectivity index (χ0v) is 8.76. The van der Waals surface area contributed by atoms with Gasteiger partial charge in [0.1, 0.15) is 6.33 Å². The van der Waals surface area contributed by atoms with Gasteiger partial charge in [0.15, 0.2) is 0 Å². The molecule has 0 spiro atoms. The molecule has 0 radical (unpaired) electrons. The van der Waals surface area contributed by atoms with Gasteiger partial charge in [-0.2, -0.15) is 0 Å². The third-order valence-corrected chi connectivity index (χ3v) is 2.02. The van der Waals surface area contributed by atoms with Crippen molar-refractivity contribution < 1.29 is 15.1 Å². The Morgan fingerprint density at radius 3 is 2.62 bits per heavy atom. The fourth-order valence-electron chi connectivity index (χ4n) is 0.967. The molecule has 8 nitrogen and oxygen atoms in total. The number of rotatable bonds is 5. The molecule has 0 bridgehead atoms. The minimum absolute atomic E-state index is 0.141. The fraction of sp³-hybridized carbons (Fsp3) is 0.429. The Labute approximate surface area is 95.1 Å². The number of nitro groups is 1. The lowest BCUT2D eigenvalue weighted by Crippen LogP contribution is -2.28. The van der Waals surface area contributed by atoms with Gasteiger partial charge in [0.05, 0.1) is 24.2 Å². The van der Waals surface area contributed by atoms with Gasteiger partial charge >= 0.3 is 5.69 Å². The van der Waals surface area contributed by atoms with Crippen LogP contribution in [0.2, 0.25) is 5.15 Å². The number of anilines is 1. The fourth-order valence-corrected chi connectivity index (χ4v) is 1.17. The predicted octanol–water partition coefficient (Wildman–Crippen LogP) is -0.197. The Bertz CT molecular complexity index is 385. The maximum atomic E-state index is 10.7. The van der Waals surface area contributed by atoms with Gasteiger partial charge in [-0.1, -0.05) is 11.6 Å². The van der Waals surface area contributed by atoms with Crippen LogP contribution in [0.4, 0.5) is 11.5 Å².